The van der Waals surface area contributed by atoms with Crippen molar-refractivity contribution >= 4 is 5.91 Å². The largest absolute Gasteiger partial charge is 0.355 e. The summed E-state index contributed by atoms with van der Waals surface area (Å²) in [6.45, 7) is 6.42. The van der Waals surface area contributed by atoms with E-state index in [-0.39, 0.29) is 17.9 Å². The summed E-state index contributed by atoms with van der Waals surface area (Å²) in [5.41, 5.74) is 1.61. The number of carbonyl (C=O) groups excluding carboxylic acids is 1. The molecule has 0 bridgehead atoms. The fourth-order valence-corrected chi connectivity index (χ4v) is 1.53. The minimum absolute atomic E-state index is 0.0165. The zero-order chi connectivity index (χ0) is 11.4. The first-order valence-corrected chi connectivity index (χ1v) is 4.99. The third-order valence-corrected chi connectivity index (χ3v) is 2.23. The molecule has 4 heteroatoms. The van der Waals surface area contributed by atoms with E-state index >= 15 is 0 Å². The van der Waals surface area contributed by atoms with Gasteiger partial charge in [-0.1, -0.05) is 0 Å². The predicted octanol–water partition coefficient (Wildman–Crippen LogP) is 0.601. The second kappa shape index (κ2) is 4.77. The highest BCUT2D eigenvalue weighted by molar-refractivity contribution is 5.75. The fourth-order valence-electron chi connectivity index (χ4n) is 1.53. The molecule has 4 nitrogen and oxygen atoms in total. The summed E-state index contributed by atoms with van der Waals surface area (Å²) in [5.74, 6) is -0.0349. The van der Waals surface area contributed by atoms with E-state index in [0.29, 0.717) is 6.54 Å². The molecule has 0 aliphatic rings. The summed E-state index contributed by atoms with van der Waals surface area (Å²) >= 11 is 0. The molecule has 1 amide bonds. The molecular formula is C11H16N2O2. The van der Waals surface area contributed by atoms with E-state index in [1.807, 2.05) is 25.3 Å². The monoisotopic (exact) mass is 208 g/mol. The number of nitrogens with one attached hydrogen (secondary N) is 1. The van der Waals surface area contributed by atoms with Crippen molar-refractivity contribution in [2.75, 3.05) is 6.54 Å². The summed E-state index contributed by atoms with van der Waals surface area (Å²) in [6.07, 6.45) is 0. The zero-order valence-electron chi connectivity index (χ0n) is 9.33. The second-order valence-electron chi connectivity index (χ2n) is 3.51. The Kier molecular flexibility index (Phi) is 3.66. The SMILES string of the molecule is CCNC(=O)Cn1c(C)cc(=O)cc1C. The summed E-state index contributed by atoms with van der Waals surface area (Å²) in [6, 6.07) is 3.07. The third kappa shape index (κ3) is 2.94. The molecule has 15 heavy (non-hydrogen) atoms. The van der Waals surface area contributed by atoms with Crippen molar-refractivity contribution in [2.24, 2.45) is 0 Å². The molecule has 0 aliphatic heterocycles. The average molecular weight is 208 g/mol. The van der Waals surface area contributed by atoms with Gasteiger partial charge in [-0.15, -0.1) is 0 Å². The van der Waals surface area contributed by atoms with Crippen LogP contribution < -0.4 is 10.7 Å². The van der Waals surface area contributed by atoms with Gasteiger partial charge in [-0.3, -0.25) is 9.59 Å². The highest BCUT2D eigenvalue weighted by Gasteiger charge is 2.05. The molecule has 0 radical (unpaired) electrons. The lowest BCUT2D eigenvalue weighted by Gasteiger charge is -2.13. The first kappa shape index (κ1) is 11.5. The van der Waals surface area contributed by atoms with E-state index in [1.54, 1.807) is 0 Å². The minimum Gasteiger partial charge on any atom is -0.355 e. The Balaban J connectivity index is 2.95. The molecular weight excluding hydrogens is 192 g/mol. The lowest BCUT2D eigenvalue weighted by atomic mass is 10.3. The van der Waals surface area contributed by atoms with Gasteiger partial charge in [-0.05, 0) is 20.8 Å². The standard InChI is InChI=1S/C11H16N2O2/c1-4-12-11(15)7-13-8(2)5-10(14)6-9(13)3/h5-6H,4,7H2,1-3H3,(H,12,15). The van der Waals surface area contributed by atoms with Crippen molar-refractivity contribution in [3.63, 3.8) is 0 Å². The third-order valence-electron chi connectivity index (χ3n) is 2.23. The number of likely N-dealkylation sites (N-methyl/N-ethyl adjacent to an activating group) is 1. The lowest BCUT2D eigenvalue weighted by Crippen LogP contribution is -2.29. The van der Waals surface area contributed by atoms with Crippen molar-refractivity contribution in [1.29, 1.82) is 0 Å². The summed E-state index contributed by atoms with van der Waals surface area (Å²) in [5, 5.41) is 2.73. The van der Waals surface area contributed by atoms with E-state index in [1.165, 1.54) is 12.1 Å². The number of amides is 1. The maximum absolute atomic E-state index is 11.4. The predicted molar refractivity (Wildman–Crippen MR) is 58.9 cm³/mol. The van der Waals surface area contributed by atoms with Crippen molar-refractivity contribution in [2.45, 2.75) is 27.3 Å². The smallest absolute Gasteiger partial charge is 0.239 e. The molecule has 1 N–H and O–H groups in total. The number of nitrogens with zero attached hydrogens (tertiary/aromatic N) is 1. The van der Waals surface area contributed by atoms with Crippen molar-refractivity contribution in [3.05, 3.63) is 33.7 Å². The van der Waals surface area contributed by atoms with Crippen LogP contribution in [0.1, 0.15) is 18.3 Å². The molecule has 1 aromatic rings. The van der Waals surface area contributed by atoms with Crippen molar-refractivity contribution in [1.82, 2.24) is 9.88 Å². The van der Waals surface area contributed by atoms with E-state index in [9.17, 15) is 9.59 Å². The van der Waals surface area contributed by atoms with E-state index < -0.39 is 0 Å². The van der Waals surface area contributed by atoms with Gasteiger partial charge in [0, 0.05) is 30.1 Å². The molecule has 1 rings (SSSR count). The highest BCUT2D eigenvalue weighted by atomic mass is 16.2. The van der Waals surface area contributed by atoms with Crippen LogP contribution >= 0.6 is 0 Å². The molecule has 0 saturated carbocycles. The van der Waals surface area contributed by atoms with Crippen LogP contribution in [0, 0.1) is 13.8 Å². The van der Waals surface area contributed by atoms with E-state index in [2.05, 4.69) is 5.32 Å². The quantitative estimate of drug-likeness (QED) is 0.791. The topological polar surface area (TPSA) is 51.1 Å². The number of carbonyl (C=O) groups is 1. The minimum atomic E-state index is -0.0349. The highest BCUT2D eigenvalue weighted by Crippen LogP contribution is 2.00. The molecule has 0 spiro atoms. The van der Waals surface area contributed by atoms with Crippen LogP contribution in [0.4, 0.5) is 0 Å². The zero-order valence-corrected chi connectivity index (χ0v) is 9.33. The molecule has 0 unspecified atom stereocenters. The fraction of sp³-hybridized carbons (Fsp3) is 0.455. The van der Waals surface area contributed by atoms with Gasteiger partial charge >= 0.3 is 0 Å². The Morgan fingerprint density at radius 3 is 2.33 bits per heavy atom. The maximum Gasteiger partial charge on any atom is 0.239 e. The Labute approximate surface area is 88.9 Å². The van der Waals surface area contributed by atoms with Gasteiger partial charge < -0.3 is 9.88 Å². The van der Waals surface area contributed by atoms with Gasteiger partial charge in [0.05, 0.1) is 0 Å². The van der Waals surface area contributed by atoms with Crippen molar-refractivity contribution < 1.29 is 4.79 Å². The Hall–Kier alpha value is -1.58. The van der Waals surface area contributed by atoms with Crippen LogP contribution in [0.3, 0.4) is 0 Å². The van der Waals surface area contributed by atoms with Gasteiger partial charge in [0.1, 0.15) is 6.54 Å². The van der Waals surface area contributed by atoms with Crippen LogP contribution in [0.5, 0.6) is 0 Å². The Bertz CT molecular complexity index is 395. The first-order valence-electron chi connectivity index (χ1n) is 4.99. The Morgan fingerprint density at radius 1 is 1.33 bits per heavy atom. The molecule has 0 saturated heterocycles. The van der Waals surface area contributed by atoms with Crippen LogP contribution in [-0.4, -0.2) is 17.0 Å². The second-order valence-corrected chi connectivity index (χ2v) is 3.51. The average Bonchev–Trinajstić information content (AvgIpc) is 2.11. The van der Waals surface area contributed by atoms with Gasteiger partial charge in [0.2, 0.25) is 5.91 Å². The van der Waals surface area contributed by atoms with Gasteiger partial charge in [0.15, 0.2) is 5.43 Å². The lowest BCUT2D eigenvalue weighted by molar-refractivity contribution is -0.121. The van der Waals surface area contributed by atoms with Gasteiger partial charge in [0.25, 0.3) is 0 Å². The van der Waals surface area contributed by atoms with Crippen molar-refractivity contribution in [3.8, 4) is 0 Å². The van der Waals surface area contributed by atoms with Crippen LogP contribution in [0.15, 0.2) is 16.9 Å². The maximum atomic E-state index is 11.4. The number of rotatable bonds is 3. The number of pyridine rings is 1. The first-order chi connectivity index (χ1) is 7.04. The van der Waals surface area contributed by atoms with Crippen LogP contribution in [0.2, 0.25) is 0 Å². The molecule has 82 valence electrons. The Morgan fingerprint density at radius 2 is 1.87 bits per heavy atom. The molecule has 0 fully saturated rings. The normalized spacial score (nSPS) is 10.1. The van der Waals surface area contributed by atoms with Gasteiger partial charge in [-0.25, -0.2) is 0 Å². The summed E-state index contributed by atoms with van der Waals surface area (Å²) in [7, 11) is 0. The number of aromatic nitrogens is 1. The van der Waals surface area contributed by atoms with Gasteiger partial charge in [-0.2, -0.15) is 0 Å². The number of hydrogen-bond donors (Lipinski definition) is 1. The molecule has 0 atom stereocenters. The molecule has 1 heterocycles. The van der Waals surface area contributed by atoms with Crippen LogP contribution in [0.25, 0.3) is 0 Å². The number of hydrogen-bond acceptors (Lipinski definition) is 2. The van der Waals surface area contributed by atoms with E-state index in [4.69, 9.17) is 0 Å². The number of aryl methyl sites for hydroxylation is 2. The molecule has 0 aromatic carbocycles. The van der Waals surface area contributed by atoms with Crippen LogP contribution in [-0.2, 0) is 11.3 Å². The van der Waals surface area contributed by atoms with E-state index in [0.717, 1.165) is 11.4 Å². The summed E-state index contributed by atoms with van der Waals surface area (Å²) < 4.78 is 1.83. The molecule has 0 aliphatic carbocycles. The molecule has 1 aromatic heterocycles. The summed E-state index contributed by atoms with van der Waals surface area (Å²) in [4.78, 5) is 22.6.